The molecule has 0 atom stereocenters. The first kappa shape index (κ1) is 14.4. The van der Waals surface area contributed by atoms with Crippen LogP contribution in [0.15, 0.2) is 72.8 Å². The van der Waals surface area contributed by atoms with Gasteiger partial charge in [0.1, 0.15) is 0 Å². The monoisotopic (exact) mass is 366 g/mol. The van der Waals surface area contributed by atoms with E-state index >= 15 is 0 Å². The van der Waals surface area contributed by atoms with Crippen LogP contribution in [0.1, 0.15) is 0 Å². The number of nitrogens with zero attached hydrogens (tertiary/aromatic N) is 2. The van der Waals surface area contributed by atoms with Crippen LogP contribution in [0.5, 0.6) is 0 Å². The zero-order valence-corrected chi connectivity index (χ0v) is 16.2. The van der Waals surface area contributed by atoms with Gasteiger partial charge in [0.25, 0.3) is 0 Å². The Hall–Kier alpha value is -2.82. The second-order valence-corrected chi connectivity index (χ2v) is 9.64. The molecule has 4 heterocycles. The summed E-state index contributed by atoms with van der Waals surface area (Å²) >= 11 is 1.80. The lowest BCUT2D eigenvalue weighted by atomic mass is 10.1. The van der Waals surface area contributed by atoms with Gasteiger partial charge in [0, 0.05) is 10.1 Å². The van der Waals surface area contributed by atoms with E-state index in [-0.39, 0.29) is 9.52 Å². The van der Waals surface area contributed by atoms with Crippen LogP contribution in [0, 0.1) is 0 Å². The summed E-state index contributed by atoms with van der Waals surface area (Å²) in [7, 11) is -0.390. The summed E-state index contributed by atoms with van der Waals surface area (Å²) in [4.78, 5) is 9.99. The van der Waals surface area contributed by atoms with E-state index in [4.69, 9.17) is 9.97 Å². The maximum absolute atomic E-state index is 5.01. The average Bonchev–Trinajstić information content (AvgIpc) is 3.25. The molecule has 0 bridgehead atoms. The van der Waals surface area contributed by atoms with E-state index in [0.29, 0.717) is 0 Å². The third kappa shape index (κ3) is 2.03. The van der Waals surface area contributed by atoms with Crippen LogP contribution in [-0.2, 0) is 0 Å². The summed E-state index contributed by atoms with van der Waals surface area (Å²) in [5.41, 5.74) is 5.49. The van der Waals surface area contributed by atoms with Crippen LogP contribution in [0.3, 0.4) is 0 Å². The third-order valence-electron chi connectivity index (χ3n) is 5.11. The predicted molar refractivity (Wildman–Crippen MR) is 114 cm³/mol. The fourth-order valence-corrected chi connectivity index (χ4v) is 6.71. The highest BCUT2D eigenvalue weighted by Gasteiger charge is 2.20. The normalized spacial score (nSPS) is 13.4. The number of aromatic nitrogens is 2. The quantitative estimate of drug-likeness (QED) is 0.416. The maximum Gasteiger partial charge on any atom is 0.0912 e. The molecule has 0 fully saturated rings. The molecular weight excluding hydrogens is 352 g/mol. The third-order valence-corrected chi connectivity index (χ3v) is 8.19. The SMILES string of the molecule is c1ccc2c(c1)[SiH2]c1ccc(-c3ccc4sc5ccccc5c4n3)nc1-2. The van der Waals surface area contributed by atoms with Crippen molar-refractivity contribution in [3.8, 4) is 22.6 Å². The van der Waals surface area contributed by atoms with Gasteiger partial charge in [-0.1, -0.05) is 53.7 Å². The molecule has 2 nitrogen and oxygen atoms in total. The van der Waals surface area contributed by atoms with E-state index in [1.165, 1.54) is 36.4 Å². The average molecular weight is 367 g/mol. The molecule has 0 unspecified atom stereocenters. The van der Waals surface area contributed by atoms with Gasteiger partial charge in [-0.15, -0.1) is 11.3 Å². The summed E-state index contributed by atoms with van der Waals surface area (Å²) < 4.78 is 2.52. The standard InChI is InChI=1S/C22H14N2SSi/c1-3-7-17-13(5-1)21-18(25-17)11-9-15(23-21)16-10-12-20-22(24-16)14-6-2-4-8-19(14)26-20/h1-12H,26H2. The van der Waals surface area contributed by atoms with E-state index in [1.54, 1.807) is 11.3 Å². The second-order valence-electron chi connectivity index (χ2n) is 6.68. The van der Waals surface area contributed by atoms with Crippen LogP contribution in [0.25, 0.3) is 42.9 Å². The van der Waals surface area contributed by atoms with Gasteiger partial charge in [0.15, 0.2) is 0 Å². The van der Waals surface area contributed by atoms with Crippen LogP contribution in [-0.4, -0.2) is 19.5 Å². The van der Waals surface area contributed by atoms with Crippen LogP contribution in [0.4, 0.5) is 0 Å². The molecule has 5 aromatic rings. The summed E-state index contributed by atoms with van der Waals surface area (Å²) in [6.07, 6.45) is 0. The van der Waals surface area contributed by atoms with Crippen molar-refractivity contribution in [1.82, 2.24) is 9.97 Å². The Morgan fingerprint density at radius 2 is 1.46 bits per heavy atom. The number of thiophene rings is 1. The minimum atomic E-state index is -0.390. The van der Waals surface area contributed by atoms with Crippen molar-refractivity contribution >= 4 is 51.5 Å². The Bertz CT molecular complexity index is 1320. The minimum Gasteiger partial charge on any atom is -0.246 e. The topological polar surface area (TPSA) is 25.8 Å². The van der Waals surface area contributed by atoms with Gasteiger partial charge in [-0.25, -0.2) is 9.97 Å². The van der Waals surface area contributed by atoms with Crippen molar-refractivity contribution in [2.75, 3.05) is 0 Å². The molecule has 0 amide bonds. The number of hydrogen-bond acceptors (Lipinski definition) is 3. The second kappa shape index (κ2) is 5.33. The Morgan fingerprint density at radius 3 is 2.46 bits per heavy atom. The summed E-state index contributed by atoms with van der Waals surface area (Å²) in [5, 5.41) is 4.17. The molecule has 0 N–H and O–H groups in total. The molecule has 0 saturated carbocycles. The first-order valence-corrected chi connectivity index (χ1v) is 11.0. The molecular formula is C22H14N2SSi. The number of fused-ring (bicyclic) bond motifs is 6. The van der Waals surface area contributed by atoms with Gasteiger partial charge in [-0.05, 0) is 35.0 Å². The van der Waals surface area contributed by atoms with Crippen LogP contribution < -0.4 is 10.4 Å². The first-order valence-electron chi connectivity index (χ1n) is 8.74. The van der Waals surface area contributed by atoms with Crippen LogP contribution in [0.2, 0.25) is 0 Å². The molecule has 26 heavy (non-hydrogen) atoms. The molecule has 3 aromatic heterocycles. The molecule has 4 heteroatoms. The lowest BCUT2D eigenvalue weighted by Gasteiger charge is -2.05. The molecule has 0 saturated heterocycles. The van der Waals surface area contributed by atoms with Gasteiger partial charge in [0.05, 0.1) is 36.8 Å². The number of hydrogen-bond donors (Lipinski definition) is 0. The van der Waals surface area contributed by atoms with Gasteiger partial charge < -0.3 is 0 Å². The molecule has 1 aliphatic heterocycles. The van der Waals surface area contributed by atoms with E-state index in [9.17, 15) is 0 Å². The van der Waals surface area contributed by atoms with Crippen LogP contribution >= 0.6 is 11.3 Å². The maximum atomic E-state index is 5.01. The van der Waals surface area contributed by atoms with Crippen molar-refractivity contribution in [1.29, 1.82) is 0 Å². The lowest BCUT2D eigenvalue weighted by Crippen LogP contribution is -2.20. The van der Waals surface area contributed by atoms with E-state index in [2.05, 4.69) is 72.8 Å². The summed E-state index contributed by atoms with van der Waals surface area (Å²) in [6.45, 7) is 0. The fourth-order valence-electron chi connectivity index (χ4n) is 3.85. The van der Waals surface area contributed by atoms with E-state index < -0.39 is 0 Å². The smallest absolute Gasteiger partial charge is 0.0912 e. The number of pyridine rings is 2. The molecule has 0 spiro atoms. The Kier molecular flexibility index (Phi) is 2.95. The Morgan fingerprint density at radius 1 is 0.654 bits per heavy atom. The van der Waals surface area contributed by atoms with Crippen molar-refractivity contribution < 1.29 is 0 Å². The van der Waals surface area contributed by atoms with Crippen molar-refractivity contribution in [3.63, 3.8) is 0 Å². The van der Waals surface area contributed by atoms with Crippen molar-refractivity contribution in [3.05, 3.63) is 72.8 Å². The number of rotatable bonds is 1. The highest BCUT2D eigenvalue weighted by Crippen LogP contribution is 2.34. The van der Waals surface area contributed by atoms with E-state index in [0.717, 1.165) is 16.9 Å². The van der Waals surface area contributed by atoms with Gasteiger partial charge in [0.2, 0.25) is 0 Å². The van der Waals surface area contributed by atoms with Crippen molar-refractivity contribution in [2.45, 2.75) is 0 Å². The molecule has 0 aliphatic carbocycles. The fraction of sp³-hybridized carbons (Fsp3) is 0. The Balaban J connectivity index is 1.55. The highest BCUT2D eigenvalue weighted by atomic mass is 32.1. The molecule has 6 rings (SSSR count). The largest absolute Gasteiger partial charge is 0.246 e. The number of benzene rings is 2. The highest BCUT2D eigenvalue weighted by molar-refractivity contribution is 7.25. The van der Waals surface area contributed by atoms with Gasteiger partial charge in [-0.3, -0.25) is 0 Å². The molecule has 1 aliphatic rings. The summed E-state index contributed by atoms with van der Waals surface area (Å²) in [5.74, 6) is 0. The van der Waals surface area contributed by atoms with Gasteiger partial charge in [-0.2, -0.15) is 0 Å². The molecule has 2 aromatic carbocycles. The first-order chi connectivity index (χ1) is 12.9. The van der Waals surface area contributed by atoms with Crippen molar-refractivity contribution in [2.24, 2.45) is 0 Å². The lowest BCUT2D eigenvalue weighted by molar-refractivity contribution is 1.30. The molecule has 0 radical (unpaired) electrons. The summed E-state index contributed by atoms with van der Waals surface area (Å²) in [6, 6.07) is 25.9. The Labute approximate surface area is 157 Å². The predicted octanol–water partition coefficient (Wildman–Crippen LogP) is 3.61. The zero-order valence-electron chi connectivity index (χ0n) is 13.9. The van der Waals surface area contributed by atoms with Gasteiger partial charge >= 0.3 is 0 Å². The van der Waals surface area contributed by atoms with E-state index in [1.807, 2.05) is 0 Å². The zero-order chi connectivity index (χ0) is 17.1. The molecule has 122 valence electrons. The minimum absolute atomic E-state index is 0.390.